The number of ether oxygens (including phenoxy) is 1. The van der Waals surface area contributed by atoms with Gasteiger partial charge in [-0.1, -0.05) is 18.2 Å². The average Bonchev–Trinajstić information content (AvgIpc) is 2.63. The highest BCUT2D eigenvalue weighted by atomic mass is 32.2. The molecule has 0 bridgehead atoms. The molecule has 0 aliphatic rings. The Balaban J connectivity index is 2.12. The Bertz CT molecular complexity index is 999. The van der Waals surface area contributed by atoms with E-state index < -0.39 is 39.9 Å². The van der Waals surface area contributed by atoms with Crippen molar-refractivity contribution in [2.24, 2.45) is 0 Å². The Morgan fingerprint density at radius 3 is 2.29 bits per heavy atom. The number of benzene rings is 2. The molecule has 0 aromatic heterocycles. The third-order valence-corrected chi connectivity index (χ3v) is 5.83. The fraction of sp³-hybridized carbons (Fsp3) is 0.263. The van der Waals surface area contributed by atoms with Crippen LogP contribution < -0.4 is 5.32 Å². The van der Waals surface area contributed by atoms with Crippen LogP contribution in [0, 0.1) is 19.7 Å². The van der Waals surface area contributed by atoms with Crippen molar-refractivity contribution >= 4 is 27.6 Å². The lowest BCUT2D eigenvalue weighted by Gasteiger charge is -2.13. The van der Waals surface area contributed by atoms with Crippen LogP contribution >= 0.6 is 0 Å². The molecule has 9 heteroatoms. The first kappa shape index (κ1) is 21.5. The number of anilines is 1. The molecule has 150 valence electrons. The van der Waals surface area contributed by atoms with E-state index in [0.717, 1.165) is 33.6 Å². The number of carbonyl (C=O) groups excluding carboxylic acids is 2. The van der Waals surface area contributed by atoms with Crippen molar-refractivity contribution in [3.05, 3.63) is 58.9 Å². The molecule has 0 saturated carbocycles. The van der Waals surface area contributed by atoms with Crippen LogP contribution in [0.2, 0.25) is 0 Å². The minimum Gasteiger partial charge on any atom is -0.452 e. The number of para-hydroxylation sites is 1. The van der Waals surface area contributed by atoms with Gasteiger partial charge in [-0.2, -0.15) is 0 Å². The third kappa shape index (κ3) is 4.73. The number of carbonyl (C=O) groups is 2. The number of aryl methyl sites for hydroxylation is 2. The van der Waals surface area contributed by atoms with E-state index in [2.05, 4.69) is 5.32 Å². The summed E-state index contributed by atoms with van der Waals surface area (Å²) < 4.78 is 44.0. The third-order valence-electron chi connectivity index (χ3n) is 4.02. The molecular weight excluding hydrogens is 387 g/mol. The summed E-state index contributed by atoms with van der Waals surface area (Å²) in [6.07, 6.45) is 0. The number of hydrogen-bond donors (Lipinski definition) is 1. The zero-order valence-corrected chi connectivity index (χ0v) is 16.8. The predicted molar refractivity (Wildman–Crippen MR) is 102 cm³/mol. The lowest BCUT2D eigenvalue weighted by Crippen LogP contribution is -2.24. The van der Waals surface area contributed by atoms with Crippen molar-refractivity contribution in [3.63, 3.8) is 0 Å². The SMILES string of the molecule is Cc1cccc(C)c1NC(=O)COC(=O)c1cc(S(=O)(=O)N(C)C)ccc1F. The summed E-state index contributed by atoms with van der Waals surface area (Å²) in [4.78, 5) is 24.0. The first-order valence-electron chi connectivity index (χ1n) is 8.29. The van der Waals surface area contributed by atoms with Crippen LogP contribution in [0.15, 0.2) is 41.3 Å². The molecule has 1 amide bonds. The Labute approximate surface area is 163 Å². The van der Waals surface area contributed by atoms with Crippen LogP contribution in [0.5, 0.6) is 0 Å². The second-order valence-electron chi connectivity index (χ2n) is 6.32. The van der Waals surface area contributed by atoms with Gasteiger partial charge in [0.25, 0.3) is 5.91 Å². The number of nitrogens with zero attached hydrogens (tertiary/aromatic N) is 1. The molecule has 0 saturated heterocycles. The molecule has 7 nitrogen and oxygen atoms in total. The van der Waals surface area contributed by atoms with Crippen molar-refractivity contribution in [1.29, 1.82) is 0 Å². The van der Waals surface area contributed by atoms with Crippen molar-refractivity contribution in [2.75, 3.05) is 26.0 Å². The predicted octanol–water partition coefficient (Wildman–Crippen LogP) is 2.49. The van der Waals surface area contributed by atoms with E-state index in [9.17, 15) is 22.4 Å². The molecule has 0 unspecified atom stereocenters. The molecule has 0 radical (unpaired) electrons. The van der Waals surface area contributed by atoms with Gasteiger partial charge in [-0.25, -0.2) is 21.9 Å². The highest BCUT2D eigenvalue weighted by Gasteiger charge is 2.22. The molecule has 0 spiro atoms. The highest BCUT2D eigenvalue weighted by molar-refractivity contribution is 7.89. The summed E-state index contributed by atoms with van der Waals surface area (Å²) in [5, 5.41) is 2.64. The van der Waals surface area contributed by atoms with Crippen molar-refractivity contribution in [1.82, 2.24) is 4.31 Å². The summed E-state index contributed by atoms with van der Waals surface area (Å²) >= 11 is 0. The summed E-state index contributed by atoms with van der Waals surface area (Å²) in [5.41, 5.74) is 1.72. The fourth-order valence-corrected chi connectivity index (χ4v) is 3.36. The Hall–Kier alpha value is -2.78. The van der Waals surface area contributed by atoms with Crippen LogP contribution in [0.25, 0.3) is 0 Å². The number of sulfonamides is 1. The molecule has 1 N–H and O–H groups in total. The normalized spacial score (nSPS) is 11.4. The number of halogens is 1. The summed E-state index contributed by atoms with van der Waals surface area (Å²) in [7, 11) is -1.22. The second-order valence-corrected chi connectivity index (χ2v) is 8.47. The number of hydrogen-bond acceptors (Lipinski definition) is 5. The van der Waals surface area contributed by atoms with E-state index >= 15 is 0 Å². The van der Waals surface area contributed by atoms with Gasteiger partial charge in [-0.05, 0) is 43.2 Å². The van der Waals surface area contributed by atoms with Gasteiger partial charge in [0.15, 0.2) is 6.61 Å². The minimum atomic E-state index is -3.85. The average molecular weight is 408 g/mol. The van der Waals surface area contributed by atoms with Gasteiger partial charge in [0, 0.05) is 19.8 Å². The second kappa shape index (κ2) is 8.49. The molecule has 2 aromatic carbocycles. The molecule has 2 rings (SSSR count). The number of rotatable bonds is 6. The van der Waals surface area contributed by atoms with E-state index in [0.29, 0.717) is 5.69 Å². The summed E-state index contributed by atoms with van der Waals surface area (Å²) in [6, 6.07) is 8.29. The maximum absolute atomic E-state index is 14.0. The van der Waals surface area contributed by atoms with E-state index in [1.54, 1.807) is 0 Å². The van der Waals surface area contributed by atoms with Crippen LogP contribution in [-0.2, 0) is 19.6 Å². The van der Waals surface area contributed by atoms with Crippen LogP contribution in [0.1, 0.15) is 21.5 Å². The lowest BCUT2D eigenvalue weighted by atomic mass is 10.1. The van der Waals surface area contributed by atoms with E-state index in [1.165, 1.54) is 14.1 Å². The van der Waals surface area contributed by atoms with Gasteiger partial charge < -0.3 is 10.1 Å². The van der Waals surface area contributed by atoms with Gasteiger partial charge in [-0.3, -0.25) is 4.79 Å². The smallest absolute Gasteiger partial charge is 0.341 e. The number of nitrogens with one attached hydrogen (secondary N) is 1. The molecule has 0 aliphatic carbocycles. The standard InChI is InChI=1S/C19H21FN2O5S/c1-12-6-5-7-13(2)18(12)21-17(23)11-27-19(24)15-10-14(8-9-16(15)20)28(25,26)22(3)4/h5-10H,11H2,1-4H3,(H,21,23). The van der Waals surface area contributed by atoms with Crippen LogP contribution in [0.3, 0.4) is 0 Å². The molecular formula is C19H21FN2O5S. The first-order chi connectivity index (χ1) is 13.0. The highest BCUT2D eigenvalue weighted by Crippen LogP contribution is 2.20. The maximum atomic E-state index is 14.0. The van der Waals surface area contributed by atoms with Gasteiger partial charge in [0.2, 0.25) is 10.0 Å². The van der Waals surface area contributed by atoms with Gasteiger partial charge >= 0.3 is 5.97 Å². The molecule has 0 heterocycles. The fourth-order valence-electron chi connectivity index (χ4n) is 2.43. The Morgan fingerprint density at radius 1 is 1.11 bits per heavy atom. The van der Waals surface area contributed by atoms with Crippen molar-refractivity contribution in [3.8, 4) is 0 Å². The molecule has 0 fully saturated rings. The molecule has 0 atom stereocenters. The van der Waals surface area contributed by atoms with Crippen LogP contribution in [0.4, 0.5) is 10.1 Å². The van der Waals surface area contributed by atoms with Gasteiger partial charge in [-0.15, -0.1) is 0 Å². The molecule has 28 heavy (non-hydrogen) atoms. The molecule has 2 aromatic rings. The zero-order valence-electron chi connectivity index (χ0n) is 15.9. The summed E-state index contributed by atoms with van der Waals surface area (Å²) in [5.74, 6) is -2.67. The largest absolute Gasteiger partial charge is 0.452 e. The van der Waals surface area contributed by atoms with Gasteiger partial charge in [0.1, 0.15) is 5.82 Å². The first-order valence-corrected chi connectivity index (χ1v) is 9.73. The minimum absolute atomic E-state index is 0.258. The topological polar surface area (TPSA) is 92.8 Å². The zero-order chi connectivity index (χ0) is 21.1. The summed E-state index contributed by atoms with van der Waals surface area (Å²) in [6.45, 7) is 3.00. The Kier molecular flexibility index (Phi) is 6.52. The van der Waals surface area contributed by atoms with E-state index in [4.69, 9.17) is 4.74 Å². The monoisotopic (exact) mass is 408 g/mol. The lowest BCUT2D eigenvalue weighted by molar-refractivity contribution is -0.119. The molecule has 0 aliphatic heterocycles. The quantitative estimate of drug-likeness (QED) is 0.742. The van der Waals surface area contributed by atoms with Gasteiger partial charge in [0.05, 0.1) is 10.5 Å². The van der Waals surface area contributed by atoms with Crippen molar-refractivity contribution < 1.29 is 27.1 Å². The van der Waals surface area contributed by atoms with Crippen molar-refractivity contribution in [2.45, 2.75) is 18.7 Å². The number of amides is 1. The van der Waals surface area contributed by atoms with E-state index in [1.807, 2.05) is 32.0 Å². The maximum Gasteiger partial charge on any atom is 0.341 e. The number of esters is 1. The van der Waals surface area contributed by atoms with E-state index in [-0.39, 0.29) is 4.90 Å². The Morgan fingerprint density at radius 2 is 1.71 bits per heavy atom. The van der Waals surface area contributed by atoms with Crippen LogP contribution in [-0.4, -0.2) is 45.3 Å².